The SMILES string of the molecule is CC(C)n1cnnc1SCC(=O)NCc1ccc(S(=O)(=O)N2CCOCC2)cc1. The van der Waals surface area contributed by atoms with E-state index >= 15 is 0 Å². The summed E-state index contributed by atoms with van der Waals surface area (Å²) in [6.07, 6.45) is 1.65. The number of amides is 1. The minimum atomic E-state index is -3.51. The predicted molar refractivity (Wildman–Crippen MR) is 109 cm³/mol. The number of rotatable bonds is 8. The van der Waals surface area contributed by atoms with Crippen LogP contribution in [-0.4, -0.2) is 65.5 Å². The molecule has 0 aliphatic carbocycles. The Bertz CT molecular complexity index is 922. The van der Waals surface area contributed by atoms with Crippen LogP contribution in [0.1, 0.15) is 25.5 Å². The van der Waals surface area contributed by atoms with Crippen molar-refractivity contribution < 1.29 is 17.9 Å². The Hall–Kier alpha value is -1.95. The molecule has 1 aromatic heterocycles. The van der Waals surface area contributed by atoms with Gasteiger partial charge >= 0.3 is 0 Å². The van der Waals surface area contributed by atoms with Crippen LogP contribution in [0.2, 0.25) is 0 Å². The van der Waals surface area contributed by atoms with Crippen molar-refractivity contribution in [3.05, 3.63) is 36.2 Å². The molecule has 0 spiro atoms. The molecule has 29 heavy (non-hydrogen) atoms. The lowest BCUT2D eigenvalue weighted by atomic mass is 10.2. The highest BCUT2D eigenvalue weighted by Crippen LogP contribution is 2.19. The first-order chi connectivity index (χ1) is 13.9. The molecule has 9 nitrogen and oxygen atoms in total. The van der Waals surface area contributed by atoms with Gasteiger partial charge in [-0.15, -0.1) is 10.2 Å². The van der Waals surface area contributed by atoms with Gasteiger partial charge in [-0.3, -0.25) is 4.79 Å². The monoisotopic (exact) mass is 439 g/mol. The van der Waals surface area contributed by atoms with E-state index in [0.29, 0.717) is 38.0 Å². The standard InChI is InChI=1S/C18H25N5O4S2/c1-14(2)23-13-20-21-18(23)28-12-17(24)19-11-15-3-5-16(6-4-15)29(25,26)22-7-9-27-10-8-22/h3-6,13-14H,7-12H2,1-2H3,(H,19,24). The van der Waals surface area contributed by atoms with Crippen molar-refractivity contribution >= 4 is 27.7 Å². The van der Waals surface area contributed by atoms with E-state index in [1.165, 1.54) is 16.1 Å². The number of aromatic nitrogens is 3. The molecule has 0 radical (unpaired) electrons. The number of hydrogen-bond donors (Lipinski definition) is 1. The normalized spacial score (nSPS) is 15.6. The van der Waals surface area contributed by atoms with Crippen molar-refractivity contribution in [1.82, 2.24) is 24.4 Å². The highest BCUT2D eigenvalue weighted by Gasteiger charge is 2.26. The Morgan fingerprint density at radius 1 is 1.24 bits per heavy atom. The highest BCUT2D eigenvalue weighted by atomic mass is 32.2. The van der Waals surface area contributed by atoms with Gasteiger partial charge in [-0.1, -0.05) is 23.9 Å². The summed E-state index contributed by atoms with van der Waals surface area (Å²) in [5.74, 6) is 0.105. The van der Waals surface area contributed by atoms with E-state index in [1.54, 1.807) is 30.6 Å². The van der Waals surface area contributed by atoms with Gasteiger partial charge in [-0.25, -0.2) is 8.42 Å². The Kier molecular flexibility index (Phi) is 7.28. The molecule has 2 heterocycles. The van der Waals surface area contributed by atoms with E-state index in [9.17, 15) is 13.2 Å². The molecule has 0 atom stereocenters. The Labute approximate surface area is 174 Å². The van der Waals surface area contributed by atoms with Gasteiger partial charge in [0.2, 0.25) is 15.9 Å². The Morgan fingerprint density at radius 3 is 2.59 bits per heavy atom. The molecule has 1 aromatic carbocycles. The number of benzene rings is 1. The summed E-state index contributed by atoms with van der Waals surface area (Å²) in [5.41, 5.74) is 0.828. The zero-order valence-electron chi connectivity index (χ0n) is 16.4. The lowest BCUT2D eigenvalue weighted by molar-refractivity contribution is -0.118. The van der Waals surface area contributed by atoms with Gasteiger partial charge in [0.25, 0.3) is 0 Å². The van der Waals surface area contributed by atoms with Crippen LogP contribution in [-0.2, 0) is 26.1 Å². The third-order valence-electron chi connectivity index (χ3n) is 4.45. The van der Waals surface area contributed by atoms with E-state index < -0.39 is 10.0 Å². The number of ether oxygens (including phenoxy) is 1. The first kappa shape index (κ1) is 21.8. The molecule has 11 heteroatoms. The second kappa shape index (κ2) is 9.70. The van der Waals surface area contributed by atoms with Crippen LogP contribution in [0.25, 0.3) is 0 Å². The second-order valence-electron chi connectivity index (χ2n) is 6.84. The first-order valence-corrected chi connectivity index (χ1v) is 11.8. The average molecular weight is 440 g/mol. The molecule has 1 aliphatic rings. The third kappa shape index (κ3) is 5.56. The fourth-order valence-electron chi connectivity index (χ4n) is 2.79. The fraction of sp³-hybridized carbons (Fsp3) is 0.500. The largest absolute Gasteiger partial charge is 0.379 e. The summed E-state index contributed by atoms with van der Waals surface area (Å²) in [6, 6.07) is 6.81. The summed E-state index contributed by atoms with van der Waals surface area (Å²) >= 11 is 1.33. The van der Waals surface area contributed by atoms with E-state index in [4.69, 9.17) is 4.74 Å². The quantitative estimate of drug-likeness (QED) is 0.618. The minimum Gasteiger partial charge on any atom is -0.379 e. The van der Waals surface area contributed by atoms with Gasteiger partial charge in [0.15, 0.2) is 5.16 Å². The van der Waals surface area contributed by atoms with E-state index in [0.717, 1.165) is 5.56 Å². The predicted octanol–water partition coefficient (Wildman–Crippen LogP) is 1.29. The molecule has 1 aliphatic heterocycles. The van der Waals surface area contributed by atoms with E-state index in [1.807, 2.05) is 18.4 Å². The number of carbonyl (C=O) groups is 1. The lowest BCUT2D eigenvalue weighted by Gasteiger charge is -2.26. The Morgan fingerprint density at radius 2 is 1.93 bits per heavy atom. The van der Waals surface area contributed by atoms with Gasteiger partial charge < -0.3 is 14.6 Å². The van der Waals surface area contributed by atoms with Crippen LogP contribution in [0.15, 0.2) is 40.6 Å². The number of nitrogens with zero attached hydrogens (tertiary/aromatic N) is 4. The minimum absolute atomic E-state index is 0.127. The molecule has 1 fully saturated rings. The summed E-state index contributed by atoms with van der Waals surface area (Å²) in [4.78, 5) is 12.4. The molecule has 2 aromatic rings. The van der Waals surface area contributed by atoms with Gasteiger partial charge in [-0.05, 0) is 31.5 Å². The molecule has 158 valence electrons. The van der Waals surface area contributed by atoms with Gasteiger partial charge in [0, 0.05) is 25.7 Å². The molecule has 1 amide bonds. The number of thioether (sulfide) groups is 1. The fourth-order valence-corrected chi connectivity index (χ4v) is 5.07. The maximum absolute atomic E-state index is 12.6. The maximum Gasteiger partial charge on any atom is 0.243 e. The number of morpholine rings is 1. The number of nitrogens with one attached hydrogen (secondary N) is 1. The van der Waals surface area contributed by atoms with Crippen LogP contribution < -0.4 is 5.32 Å². The molecule has 3 rings (SSSR count). The second-order valence-corrected chi connectivity index (χ2v) is 9.72. The molecule has 0 bridgehead atoms. The van der Waals surface area contributed by atoms with Crippen LogP contribution in [0, 0.1) is 0 Å². The highest BCUT2D eigenvalue weighted by molar-refractivity contribution is 7.99. The number of carbonyl (C=O) groups excluding carboxylic acids is 1. The molecule has 1 saturated heterocycles. The summed E-state index contributed by atoms with van der Waals surface area (Å²) < 4.78 is 33.8. The topological polar surface area (TPSA) is 106 Å². The van der Waals surface area contributed by atoms with Crippen LogP contribution in [0.3, 0.4) is 0 Å². The zero-order chi connectivity index (χ0) is 20.9. The van der Waals surface area contributed by atoms with Crippen LogP contribution in [0.4, 0.5) is 0 Å². The third-order valence-corrected chi connectivity index (χ3v) is 7.32. The summed E-state index contributed by atoms with van der Waals surface area (Å²) in [5, 5.41) is 11.4. The number of hydrogen-bond acceptors (Lipinski definition) is 7. The number of sulfonamides is 1. The molecule has 0 saturated carbocycles. The van der Waals surface area contributed by atoms with Gasteiger partial charge in [0.05, 0.1) is 23.9 Å². The van der Waals surface area contributed by atoms with Gasteiger partial charge in [0.1, 0.15) is 6.33 Å². The van der Waals surface area contributed by atoms with Crippen molar-refractivity contribution in [2.75, 3.05) is 32.1 Å². The molecule has 0 unspecified atom stereocenters. The van der Waals surface area contributed by atoms with Crippen molar-refractivity contribution in [2.45, 2.75) is 36.5 Å². The van der Waals surface area contributed by atoms with Crippen molar-refractivity contribution in [2.24, 2.45) is 0 Å². The van der Waals surface area contributed by atoms with Gasteiger partial charge in [-0.2, -0.15) is 4.31 Å². The molecule has 1 N–H and O–H groups in total. The van der Waals surface area contributed by atoms with Crippen molar-refractivity contribution in [1.29, 1.82) is 0 Å². The summed E-state index contributed by atoms with van der Waals surface area (Å²) in [6.45, 7) is 5.93. The molecular weight excluding hydrogens is 414 g/mol. The zero-order valence-corrected chi connectivity index (χ0v) is 18.1. The summed E-state index contributed by atoms with van der Waals surface area (Å²) in [7, 11) is -3.51. The van der Waals surface area contributed by atoms with E-state index in [-0.39, 0.29) is 22.6 Å². The smallest absolute Gasteiger partial charge is 0.243 e. The van der Waals surface area contributed by atoms with Crippen LogP contribution in [0.5, 0.6) is 0 Å². The van der Waals surface area contributed by atoms with E-state index in [2.05, 4.69) is 15.5 Å². The van der Waals surface area contributed by atoms with Crippen molar-refractivity contribution in [3.63, 3.8) is 0 Å². The maximum atomic E-state index is 12.6. The van der Waals surface area contributed by atoms with Crippen LogP contribution >= 0.6 is 11.8 Å². The lowest BCUT2D eigenvalue weighted by Crippen LogP contribution is -2.40. The first-order valence-electron chi connectivity index (χ1n) is 9.34. The average Bonchev–Trinajstić information content (AvgIpc) is 3.21. The van der Waals surface area contributed by atoms with Crippen molar-refractivity contribution in [3.8, 4) is 0 Å². The molecular formula is C18H25N5O4S2. The Balaban J connectivity index is 1.51.